The molecule has 0 saturated carbocycles. The Labute approximate surface area is 241 Å². The second-order valence-corrected chi connectivity index (χ2v) is 10.8. The van der Waals surface area contributed by atoms with Gasteiger partial charge in [-0.1, -0.05) is 6.58 Å². The highest BCUT2D eigenvalue weighted by Gasteiger charge is 2.39. The van der Waals surface area contributed by atoms with Crippen LogP contribution in [0.15, 0.2) is 46.6 Å². The van der Waals surface area contributed by atoms with Gasteiger partial charge in [0.05, 0.1) is 36.9 Å². The third-order valence-electron chi connectivity index (χ3n) is 7.21. The molecule has 0 aliphatic carbocycles. The lowest BCUT2D eigenvalue weighted by Crippen LogP contribution is -2.49. The van der Waals surface area contributed by atoms with Crippen molar-refractivity contribution in [2.24, 2.45) is 0 Å². The smallest absolute Gasteiger partial charge is 0.382 e. The summed E-state index contributed by atoms with van der Waals surface area (Å²) in [5, 5.41) is 0.0525. The van der Waals surface area contributed by atoms with Gasteiger partial charge < -0.3 is 19.3 Å². The van der Waals surface area contributed by atoms with E-state index in [2.05, 4.69) is 11.6 Å². The number of carbonyl (C=O) groups is 1. The number of halogens is 5. The summed E-state index contributed by atoms with van der Waals surface area (Å²) >= 11 is 1.01. The van der Waals surface area contributed by atoms with Crippen molar-refractivity contribution in [1.29, 1.82) is 0 Å². The van der Waals surface area contributed by atoms with E-state index in [9.17, 15) is 27.2 Å². The van der Waals surface area contributed by atoms with E-state index in [0.29, 0.717) is 6.07 Å². The van der Waals surface area contributed by atoms with Crippen LogP contribution in [0, 0.1) is 11.6 Å². The Morgan fingerprint density at radius 2 is 1.90 bits per heavy atom. The second kappa shape index (κ2) is 12.0. The van der Waals surface area contributed by atoms with Gasteiger partial charge in [-0.15, -0.1) is 11.8 Å². The predicted octanol–water partition coefficient (Wildman–Crippen LogP) is 4.33. The zero-order valence-corrected chi connectivity index (χ0v) is 23.4. The molecule has 0 N–H and O–H groups in total. The fourth-order valence-electron chi connectivity index (χ4n) is 5.23. The van der Waals surface area contributed by atoms with Gasteiger partial charge in [0.25, 0.3) is 0 Å². The van der Waals surface area contributed by atoms with Crippen LogP contribution in [-0.2, 0) is 27.0 Å². The molecule has 1 saturated heterocycles. The topological polar surface area (TPSA) is 76.9 Å². The van der Waals surface area contributed by atoms with Gasteiger partial charge in [-0.25, -0.2) is 13.6 Å². The molecule has 2 aliphatic heterocycles. The summed E-state index contributed by atoms with van der Waals surface area (Å²) in [5.74, 6) is -2.20. The van der Waals surface area contributed by atoms with E-state index in [0.717, 1.165) is 30.0 Å². The normalized spacial score (nSPS) is 17.4. The molecule has 14 heteroatoms. The Bertz CT molecular complexity index is 1590. The molecule has 5 rings (SSSR count). The number of hydrogen-bond donors (Lipinski definition) is 0. The van der Waals surface area contributed by atoms with Gasteiger partial charge in [0.15, 0.2) is 0 Å². The first-order valence-corrected chi connectivity index (χ1v) is 14.1. The molecular weight excluding hydrogens is 583 g/mol. The number of piperazine rings is 1. The maximum atomic E-state index is 15.1. The summed E-state index contributed by atoms with van der Waals surface area (Å²) < 4.78 is 85.2. The van der Waals surface area contributed by atoms with Gasteiger partial charge in [-0.05, 0) is 24.3 Å². The summed E-state index contributed by atoms with van der Waals surface area (Å²) in [6.07, 6.45) is -4.35. The third kappa shape index (κ3) is 5.75. The van der Waals surface area contributed by atoms with Crippen LogP contribution in [0.3, 0.4) is 0 Å². The van der Waals surface area contributed by atoms with E-state index < -0.39 is 46.3 Å². The van der Waals surface area contributed by atoms with Gasteiger partial charge >= 0.3 is 11.9 Å². The minimum atomic E-state index is -4.94. The number of thioether (sulfide) groups is 1. The van der Waals surface area contributed by atoms with Gasteiger partial charge in [-0.2, -0.15) is 18.2 Å². The maximum absolute atomic E-state index is 15.1. The number of methoxy groups -OCH3 is 1. The Morgan fingerprint density at radius 1 is 1.17 bits per heavy atom. The first-order valence-electron chi connectivity index (χ1n) is 13.1. The third-order valence-corrected chi connectivity index (χ3v) is 8.44. The lowest BCUT2D eigenvalue weighted by molar-refractivity contribution is -0.137. The first-order chi connectivity index (χ1) is 20.0. The SMILES string of the molecule is C=CC(=O)N1CCN(c2nc(=O)n3c4c(c(-c5ccc(F)cc5F)c(C(F)(F)F)cc24)SCC(OCCOC)C3)CC1. The van der Waals surface area contributed by atoms with E-state index in [-0.39, 0.29) is 79.2 Å². The zero-order chi connectivity index (χ0) is 30.2. The number of rotatable bonds is 7. The Hall–Kier alpha value is -3.49. The first kappa shape index (κ1) is 30.0. The minimum Gasteiger partial charge on any atom is -0.382 e. The molecule has 2 aromatic carbocycles. The van der Waals surface area contributed by atoms with Gasteiger partial charge in [0.1, 0.15) is 17.5 Å². The van der Waals surface area contributed by atoms with Crippen LogP contribution in [0.2, 0.25) is 0 Å². The van der Waals surface area contributed by atoms with E-state index >= 15 is 4.39 Å². The molecule has 8 nitrogen and oxygen atoms in total. The fourth-order valence-corrected chi connectivity index (χ4v) is 6.50. The van der Waals surface area contributed by atoms with Crippen LogP contribution in [0.4, 0.5) is 27.8 Å². The zero-order valence-electron chi connectivity index (χ0n) is 22.5. The lowest BCUT2D eigenvalue weighted by Gasteiger charge is -2.35. The molecule has 3 aromatic rings. The highest BCUT2D eigenvalue weighted by molar-refractivity contribution is 7.99. The monoisotopic (exact) mass is 610 g/mol. The molecule has 0 spiro atoms. The number of amides is 1. The number of carbonyl (C=O) groups excluding carboxylic acids is 1. The summed E-state index contributed by atoms with van der Waals surface area (Å²) in [5.41, 5.74) is -2.63. The van der Waals surface area contributed by atoms with E-state index in [1.807, 2.05) is 0 Å². The summed E-state index contributed by atoms with van der Waals surface area (Å²) in [4.78, 5) is 33.0. The molecule has 1 unspecified atom stereocenters. The summed E-state index contributed by atoms with van der Waals surface area (Å²) in [6.45, 7) is 4.85. The molecule has 1 fully saturated rings. The van der Waals surface area contributed by atoms with Crippen molar-refractivity contribution in [2.75, 3.05) is 57.2 Å². The van der Waals surface area contributed by atoms with Crippen LogP contribution < -0.4 is 10.6 Å². The molecule has 1 aromatic heterocycles. The number of hydrogen-bond acceptors (Lipinski definition) is 7. The number of benzene rings is 2. The van der Waals surface area contributed by atoms with Gasteiger partial charge in [-0.3, -0.25) is 9.36 Å². The quantitative estimate of drug-likeness (QED) is 0.224. The van der Waals surface area contributed by atoms with Crippen LogP contribution in [0.25, 0.3) is 22.0 Å². The second-order valence-electron chi connectivity index (χ2n) is 9.79. The summed E-state index contributed by atoms with van der Waals surface area (Å²) in [7, 11) is 1.49. The summed E-state index contributed by atoms with van der Waals surface area (Å²) in [6, 6.07) is 3.27. The maximum Gasteiger partial charge on any atom is 0.417 e. The standard InChI is InChI=1S/C28H27F5N4O4S/c1-3-22(38)35-6-8-36(9-7-35)26-19-13-20(28(31,32)33)23(18-5-4-16(29)12-21(18)30)25-24(19)37(27(39)34-26)14-17(15-42-25)41-11-10-40-2/h3-5,12-13,17H,1,6-11,14-15H2,2H3. The van der Waals surface area contributed by atoms with E-state index in [1.165, 1.54) is 17.8 Å². The van der Waals surface area contributed by atoms with Crippen molar-refractivity contribution in [3.63, 3.8) is 0 Å². The van der Waals surface area contributed by atoms with E-state index in [1.54, 1.807) is 9.80 Å². The highest BCUT2D eigenvalue weighted by atomic mass is 32.2. The van der Waals surface area contributed by atoms with Crippen molar-refractivity contribution in [1.82, 2.24) is 14.5 Å². The van der Waals surface area contributed by atoms with Crippen molar-refractivity contribution in [3.05, 3.63) is 64.6 Å². The average molecular weight is 611 g/mol. The Morgan fingerprint density at radius 3 is 2.55 bits per heavy atom. The number of aromatic nitrogens is 2. The van der Waals surface area contributed by atoms with Crippen molar-refractivity contribution >= 4 is 34.4 Å². The van der Waals surface area contributed by atoms with Gasteiger partial charge in [0.2, 0.25) is 5.91 Å². The molecule has 224 valence electrons. The predicted molar refractivity (Wildman–Crippen MR) is 148 cm³/mol. The molecule has 0 bridgehead atoms. The minimum absolute atomic E-state index is 0.00928. The van der Waals surface area contributed by atoms with E-state index in [4.69, 9.17) is 9.47 Å². The molecule has 1 amide bonds. The van der Waals surface area contributed by atoms with Crippen molar-refractivity contribution in [2.45, 2.75) is 23.7 Å². The fraction of sp³-hybridized carbons (Fsp3) is 0.393. The molecule has 42 heavy (non-hydrogen) atoms. The Kier molecular flexibility index (Phi) is 8.58. The molecule has 3 heterocycles. The highest BCUT2D eigenvalue weighted by Crippen LogP contribution is 2.48. The largest absolute Gasteiger partial charge is 0.417 e. The van der Waals surface area contributed by atoms with Crippen molar-refractivity contribution < 1.29 is 36.2 Å². The molecule has 2 aliphatic rings. The average Bonchev–Trinajstić information content (AvgIpc) is 3.15. The number of ether oxygens (including phenoxy) is 2. The lowest BCUT2D eigenvalue weighted by atomic mass is 9.95. The van der Waals surface area contributed by atoms with Crippen molar-refractivity contribution in [3.8, 4) is 11.1 Å². The van der Waals surface area contributed by atoms with Crippen LogP contribution in [0.1, 0.15) is 5.56 Å². The number of nitrogens with zero attached hydrogens (tertiary/aromatic N) is 4. The number of anilines is 1. The van der Waals surface area contributed by atoms with Crippen LogP contribution in [-0.4, -0.2) is 78.7 Å². The molecule has 1 atom stereocenters. The molecule has 0 radical (unpaired) electrons. The molecular formula is C28H27F5N4O4S. The van der Waals surface area contributed by atoms with Gasteiger partial charge in [0, 0.05) is 66.5 Å². The van der Waals surface area contributed by atoms with Crippen LogP contribution >= 0.6 is 11.8 Å². The Balaban J connectivity index is 1.76. The van der Waals surface area contributed by atoms with Crippen LogP contribution in [0.5, 0.6) is 0 Å². The number of alkyl halides is 3.